The van der Waals surface area contributed by atoms with Gasteiger partial charge in [0.2, 0.25) is 0 Å². The van der Waals surface area contributed by atoms with E-state index in [2.05, 4.69) is 15.4 Å². The van der Waals surface area contributed by atoms with Crippen LogP contribution >= 0.6 is 22.7 Å². The summed E-state index contributed by atoms with van der Waals surface area (Å²) in [6, 6.07) is 5.62. The summed E-state index contributed by atoms with van der Waals surface area (Å²) in [6.07, 6.45) is 1.61. The monoisotopic (exact) mass is 441 g/mol. The van der Waals surface area contributed by atoms with Crippen LogP contribution in [0.5, 0.6) is 0 Å². The highest BCUT2D eigenvalue weighted by molar-refractivity contribution is 7.14. The summed E-state index contributed by atoms with van der Waals surface area (Å²) in [4.78, 5) is 34.8. The molecule has 0 aliphatic rings. The lowest BCUT2D eigenvalue weighted by atomic mass is 10.1. The number of aryl methyl sites for hydroxylation is 1. The van der Waals surface area contributed by atoms with E-state index in [-0.39, 0.29) is 6.04 Å². The molecule has 4 rings (SSSR count). The number of hydrogen-bond acceptors (Lipinski definition) is 8. The van der Waals surface area contributed by atoms with Crippen molar-refractivity contribution in [2.45, 2.75) is 26.8 Å². The van der Waals surface area contributed by atoms with Gasteiger partial charge in [-0.3, -0.25) is 10.1 Å². The number of thiazole rings is 1. The molecule has 10 heteroatoms. The number of esters is 1. The molecule has 8 nitrogen and oxygen atoms in total. The molecule has 1 N–H and O–H groups in total. The number of nitrogens with one attached hydrogen (secondary N) is 1. The van der Waals surface area contributed by atoms with Gasteiger partial charge < -0.3 is 4.74 Å². The lowest BCUT2D eigenvalue weighted by Gasteiger charge is -2.10. The van der Waals surface area contributed by atoms with Crippen LogP contribution < -0.4 is 5.32 Å². The molecule has 154 valence electrons. The molecule has 0 fully saturated rings. The first kappa shape index (κ1) is 20.2. The number of nitrogens with zero attached hydrogens (tertiary/aromatic N) is 4. The van der Waals surface area contributed by atoms with Crippen molar-refractivity contribution in [3.05, 3.63) is 46.4 Å². The molecule has 1 amide bonds. The zero-order valence-electron chi connectivity index (χ0n) is 16.6. The van der Waals surface area contributed by atoms with E-state index in [9.17, 15) is 9.59 Å². The van der Waals surface area contributed by atoms with Gasteiger partial charge in [0.1, 0.15) is 0 Å². The molecule has 0 unspecified atom stereocenters. The lowest BCUT2D eigenvalue weighted by Crippen LogP contribution is -2.21. The molecule has 0 bridgehead atoms. The highest BCUT2D eigenvalue weighted by Gasteiger charge is 2.20. The second-order valence-electron chi connectivity index (χ2n) is 6.87. The van der Waals surface area contributed by atoms with E-state index in [1.54, 1.807) is 16.9 Å². The third kappa shape index (κ3) is 4.10. The molecule has 4 aromatic heterocycles. The van der Waals surface area contributed by atoms with Crippen LogP contribution in [-0.2, 0) is 9.53 Å². The third-order valence-corrected chi connectivity index (χ3v) is 6.02. The van der Waals surface area contributed by atoms with Crippen molar-refractivity contribution in [1.82, 2.24) is 19.7 Å². The Morgan fingerprint density at radius 2 is 2.10 bits per heavy atom. The maximum absolute atomic E-state index is 12.8. The van der Waals surface area contributed by atoms with Gasteiger partial charge >= 0.3 is 5.97 Å². The Morgan fingerprint density at radius 3 is 2.77 bits per heavy atom. The van der Waals surface area contributed by atoms with E-state index in [1.807, 2.05) is 43.7 Å². The number of thiophene rings is 1. The van der Waals surface area contributed by atoms with Crippen LogP contribution in [-0.4, -0.2) is 38.2 Å². The molecule has 0 spiro atoms. The fraction of sp³-hybridized carbons (Fsp3) is 0.250. The standard InChI is InChI=1S/C20H19N5O3S2/c1-11(2)25-18-14(8-21-25)13(7-15(23-18)16-5-4-6-29-16)19(27)28-9-17(26)24-20-22-12(3)10-30-20/h4-8,10-11H,9H2,1-3H3,(H,22,24,26). The zero-order chi connectivity index (χ0) is 21.3. The number of rotatable bonds is 6. The number of carbonyl (C=O) groups excluding carboxylic acids is 2. The summed E-state index contributed by atoms with van der Waals surface area (Å²) >= 11 is 2.84. The van der Waals surface area contributed by atoms with Crippen LogP contribution in [0.3, 0.4) is 0 Å². The van der Waals surface area contributed by atoms with Crippen LogP contribution in [0.15, 0.2) is 35.2 Å². The number of carbonyl (C=O) groups is 2. The van der Waals surface area contributed by atoms with Crippen molar-refractivity contribution in [3.8, 4) is 10.6 Å². The van der Waals surface area contributed by atoms with E-state index in [0.29, 0.717) is 27.4 Å². The molecular weight excluding hydrogens is 422 g/mol. The van der Waals surface area contributed by atoms with E-state index in [4.69, 9.17) is 9.72 Å². The Bertz CT molecular complexity index is 1210. The van der Waals surface area contributed by atoms with Gasteiger partial charge in [0, 0.05) is 11.4 Å². The molecule has 0 atom stereocenters. The van der Waals surface area contributed by atoms with Crippen LogP contribution in [0.1, 0.15) is 35.9 Å². The molecular formula is C20H19N5O3S2. The van der Waals surface area contributed by atoms with Crippen molar-refractivity contribution >= 4 is 50.7 Å². The van der Waals surface area contributed by atoms with Gasteiger partial charge in [0.25, 0.3) is 5.91 Å². The minimum atomic E-state index is -0.603. The van der Waals surface area contributed by atoms with Gasteiger partial charge in [0.15, 0.2) is 17.4 Å². The highest BCUT2D eigenvalue weighted by atomic mass is 32.1. The first-order valence-corrected chi connectivity index (χ1v) is 11.0. The minimum absolute atomic E-state index is 0.0741. The molecule has 4 aromatic rings. The Hall–Kier alpha value is -3.11. The molecule has 0 saturated heterocycles. The molecule has 0 aliphatic carbocycles. The Labute approximate surface area is 180 Å². The predicted octanol–water partition coefficient (Wildman–Crippen LogP) is 4.30. The number of fused-ring (bicyclic) bond motifs is 1. The van der Waals surface area contributed by atoms with Gasteiger partial charge in [-0.25, -0.2) is 19.4 Å². The summed E-state index contributed by atoms with van der Waals surface area (Å²) in [7, 11) is 0. The number of aromatic nitrogens is 4. The average molecular weight is 442 g/mol. The second-order valence-corrected chi connectivity index (χ2v) is 8.68. The molecule has 0 radical (unpaired) electrons. The number of pyridine rings is 1. The van der Waals surface area contributed by atoms with Crippen LogP contribution in [0, 0.1) is 6.92 Å². The number of ether oxygens (including phenoxy) is 1. The van der Waals surface area contributed by atoms with Crippen molar-refractivity contribution in [2.24, 2.45) is 0 Å². The van der Waals surface area contributed by atoms with Crippen molar-refractivity contribution in [2.75, 3.05) is 11.9 Å². The summed E-state index contributed by atoms with van der Waals surface area (Å²) < 4.78 is 7.05. The number of anilines is 1. The molecule has 30 heavy (non-hydrogen) atoms. The minimum Gasteiger partial charge on any atom is -0.452 e. The van der Waals surface area contributed by atoms with E-state index >= 15 is 0 Å². The largest absolute Gasteiger partial charge is 0.452 e. The predicted molar refractivity (Wildman–Crippen MR) is 117 cm³/mol. The van der Waals surface area contributed by atoms with Gasteiger partial charge in [-0.2, -0.15) is 5.10 Å². The maximum atomic E-state index is 12.8. The third-order valence-electron chi connectivity index (χ3n) is 4.25. The van der Waals surface area contributed by atoms with Crippen LogP contribution in [0.25, 0.3) is 21.6 Å². The topological polar surface area (TPSA) is 99.0 Å². The molecule has 0 aromatic carbocycles. The Morgan fingerprint density at radius 1 is 1.27 bits per heavy atom. The van der Waals surface area contributed by atoms with Gasteiger partial charge in [-0.05, 0) is 38.3 Å². The van der Waals surface area contributed by atoms with Crippen molar-refractivity contribution < 1.29 is 14.3 Å². The Kier molecular flexibility index (Phi) is 5.60. The van der Waals surface area contributed by atoms with Gasteiger partial charge in [-0.15, -0.1) is 22.7 Å². The average Bonchev–Trinajstić information content (AvgIpc) is 3.45. The van der Waals surface area contributed by atoms with E-state index in [0.717, 1.165) is 10.6 Å². The normalized spacial score (nSPS) is 11.2. The highest BCUT2D eigenvalue weighted by Crippen LogP contribution is 2.29. The fourth-order valence-electron chi connectivity index (χ4n) is 2.89. The van der Waals surface area contributed by atoms with Gasteiger partial charge in [0.05, 0.1) is 33.4 Å². The summed E-state index contributed by atoms with van der Waals surface area (Å²) in [6.45, 7) is 5.42. The Balaban J connectivity index is 1.60. The second kappa shape index (κ2) is 8.33. The van der Waals surface area contributed by atoms with Crippen LogP contribution in [0.4, 0.5) is 5.13 Å². The fourth-order valence-corrected chi connectivity index (χ4v) is 4.28. The van der Waals surface area contributed by atoms with Gasteiger partial charge in [-0.1, -0.05) is 6.07 Å². The molecule has 4 heterocycles. The first-order chi connectivity index (χ1) is 14.4. The first-order valence-electron chi connectivity index (χ1n) is 9.23. The smallest absolute Gasteiger partial charge is 0.339 e. The summed E-state index contributed by atoms with van der Waals surface area (Å²) in [5.41, 5.74) is 2.41. The van der Waals surface area contributed by atoms with Crippen molar-refractivity contribution in [1.29, 1.82) is 0 Å². The summed E-state index contributed by atoms with van der Waals surface area (Å²) in [5, 5.41) is 11.8. The SMILES string of the molecule is Cc1csc(NC(=O)COC(=O)c2cc(-c3cccs3)nc3c2cnn3C(C)C)n1. The number of amides is 1. The number of hydrogen-bond donors (Lipinski definition) is 1. The zero-order valence-corrected chi connectivity index (χ0v) is 18.2. The quantitative estimate of drug-likeness (QED) is 0.448. The molecule has 0 saturated carbocycles. The maximum Gasteiger partial charge on any atom is 0.339 e. The lowest BCUT2D eigenvalue weighted by molar-refractivity contribution is -0.119. The van der Waals surface area contributed by atoms with E-state index in [1.165, 1.54) is 22.7 Å². The van der Waals surface area contributed by atoms with Crippen LogP contribution in [0.2, 0.25) is 0 Å². The van der Waals surface area contributed by atoms with Crippen molar-refractivity contribution in [3.63, 3.8) is 0 Å². The summed E-state index contributed by atoms with van der Waals surface area (Å²) in [5.74, 6) is -1.05. The van der Waals surface area contributed by atoms with E-state index < -0.39 is 18.5 Å². The molecule has 0 aliphatic heterocycles.